The Morgan fingerprint density at radius 1 is 1.20 bits per heavy atom. The number of hydrogen-bond acceptors (Lipinski definition) is 8. The summed E-state index contributed by atoms with van der Waals surface area (Å²) in [5.41, 5.74) is -1.32. The molecule has 1 saturated heterocycles. The van der Waals surface area contributed by atoms with Crippen molar-refractivity contribution < 1.29 is 40.9 Å². The number of nitrogens with zero attached hydrogens (tertiary/aromatic N) is 6. The number of rotatable bonds is 10. The standard InChI is InChI=1S/C24H33B4F5N8O4/c1-11-17(39-45-38-11)18(42)36-13(5-6-20(2,3)24(31,32)33)14-9-40-16(35-14)7-12(8-34-40)15(10-44-4)41-19(43)37-22(25,26)21(29,30)23(41,27)28/h7-9,13,15H,5-6,10,25-28H2,1-4H3,(H,36,42)(H,37,43)/t13-,15+/m0/s1. The second-order valence-corrected chi connectivity index (χ2v) is 12.9. The molecule has 1 aliphatic rings. The lowest BCUT2D eigenvalue weighted by Crippen LogP contribution is -2.83. The second kappa shape index (κ2) is 11.6. The Bertz CT molecular complexity index is 1580. The molecule has 0 saturated carbocycles. The molecule has 2 atom stereocenters. The summed E-state index contributed by atoms with van der Waals surface area (Å²) in [6.45, 7) is 3.46. The molecule has 0 radical (unpaired) electrons. The molecule has 12 nitrogen and oxygen atoms in total. The van der Waals surface area contributed by atoms with Crippen molar-refractivity contribution in [3.05, 3.63) is 41.1 Å². The zero-order chi connectivity index (χ0) is 33.8. The van der Waals surface area contributed by atoms with Crippen LogP contribution in [-0.4, -0.2) is 110 Å². The minimum atomic E-state index is -4.50. The number of urea groups is 1. The van der Waals surface area contributed by atoms with Gasteiger partial charge in [-0.05, 0) is 31.0 Å². The van der Waals surface area contributed by atoms with Crippen LogP contribution in [0.2, 0.25) is 0 Å². The number of fused-ring (bicyclic) bond motifs is 1. The summed E-state index contributed by atoms with van der Waals surface area (Å²) in [6.07, 6.45) is -2.20. The maximum Gasteiger partial charge on any atom is 0.393 e. The lowest BCUT2D eigenvalue weighted by molar-refractivity contribution is -0.214. The van der Waals surface area contributed by atoms with Gasteiger partial charge in [0.2, 0.25) is 0 Å². The Morgan fingerprint density at radius 2 is 1.87 bits per heavy atom. The smallest absolute Gasteiger partial charge is 0.382 e. The molecule has 0 spiro atoms. The van der Waals surface area contributed by atoms with Crippen molar-refractivity contribution in [1.82, 2.24) is 40.4 Å². The van der Waals surface area contributed by atoms with Gasteiger partial charge < -0.3 is 20.3 Å². The van der Waals surface area contributed by atoms with Crippen molar-refractivity contribution in [2.75, 3.05) is 13.7 Å². The molecule has 45 heavy (non-hydrogen) atoms. The van der Waals surface area contributed by atoms with E-state index >= 15 is 8.78 Å². The van der Waals surface area contributed by atoms with Crippen molar-refractivity contribution in [3.8, 4) is 0 Å². The topological polar surface area (TPSA) is 140 Å². The third-order valence-electron chi connectivity index (χ3n) is 8.53. The summed E-state index contributed by atoms with van der Waals surface area (Å²) in [5.74, 6) is -4.10. The molecule has 0 aliphatic carbocycles. The first kappa shape index (κ1) is 34.2. The number of imidazole rings is 1. The highest BCUT2D eigenvalue weighted by molar-refractivity contribution is 6.48. The summed E-state index contributed by atoms with van der Waals surface area (Å²) in [5, 5.41) is 12.7. The molecule has 21 heteroatoms. The normalized spacial score (nSPS) is 19.2. The number of aromatic nitrogens is 5. The van der Waals surface area contributed by atoms with Crippen LogP contribution in [0.5, 0.6) is 0 Å². The molecular formula is C24H33B4F5N8O4. The quantitative estimate of drug-likeness (QED) is 0.224. The third-order valence-corrected chi connectivity index (χ3v) is 8.53. The zero-order valence-corrected chi connectivity index (χ0v) is 26.2. The second-order valence-electron chi connectivity index (χ2n) is 12.9. The van der Waals surface area contributed by atoms with E-state index in [1.807, 2.05) is 0 Å². The molecule has 1 fully saturated rings. The number of nitrogens with one attached hydrogen (secondary N) is 2. The molecule has 240 valence electrons. The van der Waals surface area contributed by atoms with Gasteiger partial charge in [-0.1, -0.05) is 19.0 Å². The first-order valence-electron chi connectivity index (χ1n) is 14.1. The third kappa shape index (κ3) is 6.14. The predicted molar refractivity (Wildman–Crippen MR) is 161 cm³/mol. The fourth-order valence-electron chi connectivity index (χ4n) is 5.45. The van der Waals surface area contributed by atoms with Gasteiger partial charge in [0.25, 0.3) is 11.8 Å². The monoisotopic (exact) mass is 636 g/mol. The summed E-state index contributed by atoms with van der Waals surface area (Å²) < 4.78 is 83.6. The van der Waals surface area contributed by atoms with Crippen LogP contribution in [-0.2, 0) is 4.74 Å². The zero-order valence-electron chi connectivity index (χ0n) is 26.2. The lowest BCUT2D eigenvalue weighted by atomic mass is 9.43. The average Bonchev–Trinajstić information content (AvgIpc) is 3.54. The molecule has 2 N–H and O–H groups in total. The van der Waals surface area contributed by atoms with Gasteiger partial charge in [-0.25, -0.2) is 27.7 Å². The number of halogens is 5. The van der Waals surface area contributed by atoms with Crippen LogP contribution >= 0.6 is 0 Å². The maximum absolute atomic E-state index is 15.7. The number of methoxy groups -OCH3 is 1. The van der Waals surface area contributed by atoms with Crippen LogP contribution in [0.15, 0.2) is 23.1 Å². The van der Waals surface area contributed by atoms with Crippen LogP contribution < -0.4 is 10.6 Å². The summed E-state index contributed by atoms with van der Waals surface area (Å²) in [7, 11) is 6.42. The number of aryl methyl sites for hydroxylation is 1. The van der Waals surface area contributed by atoms with Crippen LogP contribution in [0, 0.1) is 12.3 Å². The number of hydrogen-bond donors (Lipinski definition) is 2. The first-order valence-corrected chi connectivity index (χ1v) is 14.1. The SMILES string of the molecule is BC1(B)NC(=O)N([C@H](COC)c2cnn3cc([C@H](CCC(C)(C)C(F)(F)F)NC(=O)c4nonc4C)nc3c2)C(B)(B)C1(F)F. The van der Waals surface area contributed by atoms with Gasteiger partial charge in [-0.15, -0.1) is 0 Å². The molecule has 3 aromatic heterocycles. The van der Waals surface area contributed by atoms with Crippen molar-refractivity contribution in [1.29, 1.82) is 0 Å². The molecule has 3 amide bonds. The molecule has 4 heterocycles. The lowest BCUT2D eigenvalue weighted by Gasteiger charge is -2.57. The Labute approximate surface area is 259 Å². The van der Waals surface area contributed by atoms with Gasteiger partial charge in [-0.2, -0.15) is 18.3 Å². The average molecular weight is 636 g/mol. The molecule has 3 aromatic rings. The Hall–Kier alpha value is -3.63. The van der Waals surface area contributed by atoms with E-state index in [2.05, 4.69) is 35.7 Å². The molecular weight excluding hydrogens is 603 g/mol. The van der Waals surface area contributed by atoms with Gasteiger partial charge in [0.1, 0.15) is 37.1 Å². The van der Waals surface area contributed by atoms with E-state index in [0.29, 0.717) is 5.56 Å². The van der Waals surface area contributed by atoms with Crippen molar-refractivity contribution >= 4 is 49.0 Å². The largest absolute Gasteiger partial charge is 0.393 e. The van der Waals surface area contributed by atoms with E-state index in [1.165, 1.54) is 68.4 Å². The molecule has 0 bridgehead atoms. The van der Waals surface area contributed by atoms with E-state index in [9.17, 15) is 22.8 Å². The highest BCUT2D eigenvalue weighted by Crippen LogP contribution is 2.44. The van der Waals surface area contributed by atoms with E-state index in [-0.39, 0.29) is 42.2 Å². The first-order chi connectivity index (χ1) is 20.6. The number of ether oxygens (including phenoxy) is 1. The number of amides is 3. The molecule has 1 aliphatic heterocycles. The number of carbonyl (C=O) groups excluding carboxylic acids is 2. The van der Waals surface area contributed by atoms with E-state index in [1.54, 1.807) is 0 Å². The minimum absolute atomic E-state index is 0.135. The highest BCUT2D eigenvalue weighted by Gasteiger charge is 2.65. The van der Waals surface area contributed by atoms with E-state index < -0.39 is 52.2 Å². The highest BCUT2D eigenvalue weighted by atomic mass is 19.4. The fraction of sp³-hybridized carbons (Fsp3) is 0.583. The van der Waals surface area contributed by atoms with Crippen LogP contribution in [0.4, 0.5) is 26.7 Å². The van der Waals surface area contributed by atoms with Crippen molar-refractivity contribution in [2.24, 2.45) is 5.41 Å². The van der Waals surface area contributed by atoms with E-state index in [4.69, 9.17) is 4.74 Å². The van der Waals surface area contributed by atoms with Gasteiger partial charge in [0, 0.05) is 23.3 Å². The Morgan fingerprint density at radius 3 is 2.44 bits per heavy atom. The molecule has 0 aromatic carbocycles. The van der Waals surface area contributed by atoms with E-state index in [0.717, 1.165) is 18.7 Å². The number of carbonyl (C=O) groups is 2. The fourth-order valence-corrected chi connectivity index (χ4v) is 5.45. The molecule has 0 unspecified atom stereocenters. The maximum atomic E-state index is 15.7. The van der Waals surface area contributed by atoms with Crippen molar-refractivity contribution in [3.63, 3.8) is 0 Å². The summed E-state index contributed by atoms with van der Waals surface area (Å²) in [6, 6.07) is -1.24. The van der Waals surface area contributed by atoms with Crippen LogP contribution in [0.25, 0.3) is 5.65 Å². The summed E-state index contributed by atoms with van der Waals surface area (Å²) in [4.78, 5) is 31.8. The molecule has 4 rings (SSSR count). The van der Waals surface area contributed by atoms with Crippen molar-refractivity contribution in [2.45, 2.75) is 68.5 Å². The Kier molecular flexibility index (Phi) is 8.85. The minimum Gasteiger partial charge on any atom is -0.382 e. The van der Waals surface area contributed by atoms with Gasteiger partial charge in [0.15, 0.2) is 11.3 Å². The number of alkyl halides is 5. The predicted octanol–water partition coefficient (Wildman–Crippen LogP) is -0.551. The van der Waals surface area contributed by atoms with Gasteiger partial charge >= 0.3 is 12.2 Å². The van der Waals surface area contributed by atoms with Crippen LogP contribution in [0.3, 0.4) is 0 Å². The Balaban J connectivity index is 1.72. The summed E-state index contributed by atoms with van der Waals surface area (Å²) >= 11 is 0. The van der Waals surface area contributed by atoms with Gasteiger partial charge in [-0.3, -0.25) is 4.79 Å². The van der Waals surface area contributed by atoms with Gasteiger partial charge in [0.05, 0.1) is 42.2 Å². The van der Waals surface area contributed by atoms with Crippen LogP contribution in [0.1, 0.15) is 66.2 Å².